The van der Waals surface area contributed by atoms with Crippen molar-refractivity contribution in [2.75, 3.05) is 7.11 Å². The topological polar surface area (TPSA) is 50.1 Å². The van der Waals surface area contributed by atoms with E-state index in [0.717, 1.165) is 0 Å². The summed E-state index contributed by atoms with van der Waals surface area (Å²) in [6, 6.07) is 4.98. The number of esters is 1. The molecule has 0 aliphatic heterocycles. The highest BCUT2D eigenvalue weighted by Crippen LogP contribution is 2.23. The van der Waals surface area contributed by atoms with E-state index in [9.17, 15) is 4.79 Å². The molecule has 0 heterocycles. The van der Waals surface area contributed by atoms with Gasteiger partial charge in [-0.05, 0) is 17.7 Å². The van der Waals surface area contributed by atoms with Gasteiger partial charge in [0.05, 0.1) is 24.3 Å². The second-order valence-electron chi connectivity index (χ2n) is 2.77. The van der Waals surface area contributed by atoms with Crippen LogP contribution in [0.2, 0.25) is 0 Å². The first kappa shape index (κ1) is 11.9. The third-order valence-corrected chi connectivity index (χ3v) is 2.68. The van der Waals surface area contributed by atoms with Gasteiger partial charge in [-0.15, -0.1) is 24.2 Å². The number of hydrogen-bond donors (Lipinski definition) is 1. The molecule has 0 aliphatic carbocycles. The van der Waals surface area contributed by atoms with Crippen LogP contribution in [-0.4, -0.2) is 13.1 Å². The van der Waals surface area contributed by atoms with Crippen molar-refractivity contribution in [2.24, 2.45) is 0 Å². The summed E-state index contributed by atoms with van der Waals surface area (Å²) in [6.45, 7) is 0. The first-order valence-corrected chi connectivity index (χ1v) is 5.02. The summed E-state index contributed by atoms with van der Waals surface area (Å²) >= 11 is 9.85. The molecule has 0 N–H and O–H groups in total. The summed E-state index contributed by atoms with van der Waals surface area (Å²) in [6.07, 6.45) is 0. The van der Waals surface area contributed by atoms with Crippen molar-refractivity contribution in [3.63, 3.8) is 0 Å². The van der Waals surface area contributed by atoms with E-state index in [1.165, 1.54) is 13.2 Å². The van der Waals surface area contributed by atoms with Crippen LogP contribution in [-0.2, 0) is 10.6 Å². The van der Waals surface area contributed by atoms with Crippen molar-refractivity contribution < 1.29 is 9.53 Å². The Kier molecular flexibility index (Phi) is 4.01. The number of rotatable bonds is 2. The van der Waals surface area contributed by atoms with E-state index in [1.807, 2.05) is 6.07 Å². The summed E-state index contributed by atoms with van der Waals surface area (Å²) in [7, 11) is 1.27. The van der Waals surface area contributed by atoms with E-state index in [2.05, 4.69) is 17.4 Å². The Labute approximate surface area is 98.0 Å². The number of thiol groups is 1. The zero-order valence-corrected chi connectivity index (χ0v) is 9.60. The van der Waals surface area contributed by atoms with Crippen molar-refractivity contribution in [3.8, 4) is 6.07 Å². The lowest BCUT2D eigenvalue weighted by Crippen LogP contribution is -2.04. The van der Waals surface area contributed by atoms with Gasteiger partial charge in [0.1, 0.15) is 0 Å². The monoisotopic (exact) mass is 241 g/mol. The SMILES string of the molecule is COC(=O)c1cc(C#N)cc(CCl)c1S. The molecule has 1 aromatic rings. The van der Waals surface area contributed by atoms with Crippen LogP contribution in [0.25, 0.3) is 0 Å². The minimum Gasteiger partial charge on any atom is -0.465 e. The quantitative estimate of drug-likeness (QED) is 0.491. The van der Waals surface area contributed by atoms with E-state index < -0.39 is 5.97 Å². The third kappa shape index (κ3) is 2.44. The molecule has 1 rings (SSSR count). The molecule has 3 nitrogen and oxygen atoms in total. The van der Waals surface area contributed by atoms with Gasteiger partial charge in [0, 0.05) is 10.8 Å². The number of nitriles is 1. The maximum absolute atomic E-state index is 11.3. The fourth-order valence-electron chi connectivity index (χ4n) is 1.13. The first-order chi connectivity index (χ1) is 7.13. The Bertz CT molecular complexity index is 440. The molecule has 0 aromatic heterocycles. The Morgan fingerprint density at radius 3 is 2.80 bits per heavy atom. The number of nitrogens with zero attached hydrogens (tertiary/aromatic N) is 1. The van der Waals surface area contributed by atoms with E-state index in [1.54, 1.807) is 6.07 Å². The number of carbonyl (C=O) groups excluding carboxylic acids is 1. The second kappa shape index (κ2) is 5.06. The van der Waals surface area contributed by atoms with E-state index in [4.69, 9.17) is 16.9 Å². The highest BCUT2D eigenvalue weighted by molar-refractivity contribution is 7.80. The molecule has 0 saturated heterocycles. The number of methoxy groups -OCH3 is 1. The zero-order valence-electron chi connectivity index (χ0n) is 7.95. The van der Waals surface area contributed by atoms with Gasteiger partial charge in [-0.1, -0.05) is 0 Å². The molecule has 0 fully saturated rings. The molecular formula is C10H8ClNO2S. The predicted octanol–water partition coefficient (Wildman–Crippen LogP) is 2.37. The van der Waals surface area contributed by atoms with Crippen molar-refractivity contribution in [1.82, 2.24) is 0 Å². The molecule has 1 aromatic carbocycles. The summed E-state index contributed by atoms with van der Waals surface area (Å²) < 4.78 is 4.58. The van der Waals surface area contributed by atoms with E-state index in [-0.39, 0.29) is 11.4 Å². The largest absolute Gasteiger partial charge is 0.465 e. The van der Waals surface area contributed by atoms with Gasteiger partial charge in [-0.3, -0.25) is 0 Å². The molecule has 5 heteroatoms. The van der Waals surface area contributed by atoms with Gasteiger partial charge in [0.25, 0.3) is 0 Å². The standard InChI is InChI=1S/C10H8ClNO2S/c1-14-10(13)8-3-6(5-12)2-7(4-11)9(8)15/h2-3,15H,4H2,1H3. The van der Waals surface area contributed by atoms with Crippen LogP contribution in [0.4, 0.5) is 0 Å². The molecule has 0 spiro atoms. The van der Waals surface area contributed by atoms with Gasteiger partial charge in [-0.2, -0.15) is 5.26 Å². The number of alkyl halides is 1. The molecule has 0 atom stereocenters. The summed E-state index contributed by atoms with van der Waals surface area (Å²) in [4.78, 5) is 11.8. The molecule has 0 bridgehead atoms. The van der Waals surface area contributed by atoms with Crippen molar-refractivity contribution in [1.29, 1.82) is 5.26 Å². The molecular weight excluding hydrogens is 234 g/mol. The fraction of sp³-hybridized carbons (Fsp3) is 0.200. The highest BCUT2D eigenvalue weighted by Gasteiger charge is 2.14. The average molecular weight is 242 g/mol. The lowest BCUT2D eigenvalue weighted by Gasteiger charge is -2.07. The molecule has 0 unspecified atom stereocenters. The lowest BCUT2D eigenvalue weighted by atomic mass is 10.1. The molecule has 0 aliphatic rings. The third-order valence-electron chi connectivity index (χ3n) is 1.87. The van der Waals surface area contributed by atoms with Gasteiger partial charge < -0.3 is 4.74 Å². The number of hydrogen-bond acceptors (Lipinski definition) is 4. The van der Waals surface area contributed by atoms with Gasteiger partial charge in [0.2, 0.25) is 0 Å². The smallest absolute Gasteiger partial charge is 0.339 e. The Hall–Kier alpha value is -1.18. The molecule has 0 amide bonds. The Balaban J connectivity index is 3.38. The van der Waals surface area contributed by atoms with Gasteiger partial charge in [0.15, 0.2) is 0 Å². The minimum absolute atomic E-state index is 0.193. The normalized spacial score (nSPS) is 9.47. The van der Waals surface area contributed by atoms with Crippen LogP contribution < -0.4 is 0 Å². The number of benzene rings is 1. The average Bonchev–Trinajstić information content (AvgIpc) is 2.28. The first-order valence-electron chi connectivity index (χ1n) is 4.04. The van der Waals surface area contributed by atoms with Crippen LogP contribution in [0.15, 0.2) is 17.0 Å². The number of halogens is 1. The van der Waals surface area contributed by atoms with Crippen LogP contribution in [0.3, 0.4) is 0 Å². The number of carbonyl (C=O) groups is 1. The Morgan fingerprint density at radius 2 is 2.33 bits per heavy atom. The highest BCUT2D eigenvalue weighted by atomic mass is 35.5. The fourth-order valence-corrected chi connectivity index (χ4v) is 1.73. The van der Waals surface area contributed by atoms with Crippen LogP contribution >= 0.6 is 24.2 Å². The lowest BCUT2D eigenvalue weighted by molar-refractivity contribution is 0.0596. The summed E-state index contributed by atoms with van der Waals surface area (Å²) in [5.41, 5.74) is 1.26. The zero-order chi connectivity index (χ0) is 11.4. The van der Waals surface area contributed by atoms with Crippen molar-refractivity contribution in [2.45, 2.75) is 10.8 Å². The van der Waals surface area contributed by atoms with Crippen LogP contribution in [0, 0.1) is 11.3 Å². The molecule has 78 valence electrons. The second-order valence-corrected chi connectivity index (χ2v) is 3.48. The van der Waals surface area contributed by atoms with Gasteiger partial charge in [-0.25, -0.2) is 4.79 Å². The van der Waals surface area contributed by atoms with Gasteiger partial charge >= 0.3 is 5.97 Å². The minimum atomic E-state index is -0.525. The van der Waals surface area contributed by atoms with Crippen molar-refractivity contribution in [3.05, 3.63) is 28.8 Å². The number of ether oxygens (including phenoxy) is 1. The maximum atomic E-state index is 11.3. The molecule has 0 saturated carbocycles. The molecule has 0 radical (unpaired) electrons. The Morgan fingerprint density at radius 1 is 1.67 bits per heavy atom. The predicted molar refractivity (Wildman–Crippen MR) is 59.3 cm³/mol. The summed E-state index contributed by atoms with van der Waals surface area (Å²) in [5, 5.41) is 8.76. The summed E-state index contributed by atoms with van der Waals surface area (Å²) in [5.74, 6) is -0.332. The van der Waals surface area contributed by atoms with Crippen LogP contribution in [0.5, 0.6) is 0 Å². The molecule has 15 heavy (non-hydrogen) atoms. The maximum Gasteiger partial charge on any atom is 0.339 e. The van der Waals surface area contributed by atoms with Crippen molar-refractivity contribution >= 4 is 30.2 Å². The van der Waals surface area contributed by atoms with E-state index in [0.29, 0.717) is 16.0 Å². The van der Waals surface area contributed by atoms with Crippen LogP contribution in [0.1, 0.15) is 21.5 Å². The van der Waals surface area contributed by atoms with E-state index >= 15 is 0 Å².